The molecule has 0 fully saturated rings. The largest absolute Gasteiger partial charge is 0.477 e. The number of carboxylic acid groups (broad SMARTS) is 1. The van der Waals surface area contributed by atoms with Gasteiger partial charge in [0.15, 0.2) is 12.1 Å². The van der Waals surface area contributed by atoms with Gasteiger partial charge in [0.05, 0.1) is 34.4 Å². The summed E-state index contributed by atoms with van der Waals surface area (Å²) < 4.78 is 17.2. The topological polar surface area (TPSA) is 99.1 Å². The van der Waals surface area contributed by atoms with E-state index < -0.39 is 18.1 Å². The van der Waals surface area contributed by atoms with Crippen molar-refractivity contribution in [3.8, 4) is 0 Å². The van der Waals surface area contributed by atoms with Gasteiger partial charge in [0, 0.05) is 19.3 Å². The number of hydrogen-bond donors (Lipinski definition) is 1. The van der Waals surface area contributed by atoms with Crippen LogP contribution in [0.15, 0.2) is 36.5 Å². The summed E-state index contributed by atoms with van der Waals surface area (Å²) in [5.74, 6) is -1.49. The quantitative estimate of drug-likeness (QED) is 0.0290. The van der Waals surface area contributed by atoms with E-state index in [1.54, 1.807) is 0 Å². The number of carboxylic acids is 1. The first-order valence-corrected chi connectivity index (χ1v) is 21.6. The Morgan fingerprint density at radius 2 is 1.06 bits per heavy atom. The van der Waals surface area contributed by atoms with Crippen LogP contribution in [0, 0.1) is 0 Å². The molecule has 0 aliphatic heterocycles. The third-order valence-electron chi connectivity index (χ3n) is 9.62. The summed E-state index contributed by atoms with van der Waals surface area (Å²) in [6.45, 7) is 4.59. The van der Waals surface area contributed by atoms with Crippen LogP contribution in [0.2, 0.25) is 0 Å². The monoisotopic (exact) mass is 749 g/mol. The van der Waals surface area contributed by atoms with Crippen LogP contribution < -0.4 is 0 Å². The van der Waals surface area contributed by atoms with Crippen molar-refractivity contribution in [3.63, 3.8) is 0 Å². The summed E-state index contributed by atoms with van der Waals surface area (Å²) in [4.78, 5) is 36.9. The van der Waals surface area contributed by atoms with Gasteiger partial charge in [-0.15, -0.1) is 0 Å². The molecule has 0 rings (SSSR count). The van der Waals surface area contributed by atoms with Crippen molar-refractivity contribution in [1.82, 2.24) is 0 Å². The number of unbranched alkanes of at least 4 members (excludes halogenated alkanes) is 20. The van der Waals surface area contributed by atoms with E-state index in [1.165, 1.54) is 83.5 Å². The van der Waals surface area contributed by atoms with Gasteiger partial charge in [0.1, 0.15) is 6.61 Å². The second-order valence-corrected chi connectivity index (χ2v) is 15.6. The number of ether oxygens (including phenoxy) is 3. The Bertz CT molecular complexity index is 968. The van der Waals surface area contributed by atoms with E-state index in [2.05, 4.69) is 44.2 Å². The Hall–Kier alpha value is -2.45. The van der Waals surface area contributed by atoms with Gasteiger partial charge in [-0.3, -0.25) is 9.59 Å². The van der Waals surface area contributed by atoms with Crippen LogP contribution in [-0.2, 0) is 28.6 Å². The van der Waals surface area contributed by atoms with Crippen LogP contribution in [0.1, 0.15) is 181 Å². The highest BCUT2D eigenvalue weighted by Crippen LogP contribution is 2.15. The lowest BCUT2D eigenvalue weighted by Gasteiger charge is -2.31. The molecule has 2 unspecified atom stereocenters. The van der Waals surface area contributed by atoms with E-state index in [1.807, 2.05) is 27.2 Å². The summed E-state index contributed by atoms with van der Waals surface area (Å²) in [5.41, 5.74) is 0. The standard InChI is InChI=1S/C45H81NO7/c1-6-8-10-12-14-16-18-20-21-22-24-26-28-30-32-34-36-44(48)53-41(39-51-38-37-42(45(49)50)46(3,4)5)40-52-43(47)35-33-31-29-27-25-23-19-17-15-13-11-9-7-2/h9,11,13,15,17,19,41-42H,6-8,10,12,14,16,18,20-40H2,1-5H3/p+1/b11-9+,15-13+,19-17+. The van der Waals surface area contributed by atoms with E-state index in [0.717, 1.165) is 64.2 Å². The molecule has 0 saturated heterocycles. The fourth-order valence-electron chi connectivity index (χ4n) is 6.27. The molecule has 0 aliphatic carbocycles. The number of quaternary nitrogens is 1. The van der Waals surface area contributed by atoms with Gasteiger partial charge in [-0.1, -0.05) is 166 Å². The number of hydrogen-bond acceptors (Lipinski definition) is 6. The smallest absolute Gasteiger partial charge is 0.362 e. The first-order chi connectivity index (χ1) is 25.6. The molecule has 0 aromatic rings. The van der Waals surface area contributed by atoms with Crippen molar-refractivity contribution in [2.24, 2.45) is 0 Å². The van der Waals surface area contributed by atoms with Gasteiger partial charge in [-0.05, 0) is 32.1 Å². The molecule has 53 heavy (non-hydrogen) atoms. The van der Waals surface area contributed by atoms with Crippen LogP contribution in [0.5, 0.6) is 0 Å². The van der Waals surface area contributed by atoms with Crippen molar-refractivity contribution < 1.29 is 38.2 Å². The molecular formula is C45H82NO7+. The van der Waals surface area contributed by atoms with Crippen molar-refractivity contribution in [3.05, 3.63) is 36.5 Å². The summed E-state index contributed by atoms with van der Waals surface area (Å²) in [6, 6.07) is -0.615. The van der Waals surface area contributed by atoms with E-state index in [4.69, 9.17) is 14.2 Å². The highest BCUT2D eigenvalue weighted by molar-refractivity contribution is 5.72. The Kier molecular flexibility index (Phi) is 34.8. The average Bonchev–Trinajstić information content (AvgIpc) is 3.11. The van der Waals surface area contributed by atoms with Crippen molar-refractivity contribution >= 4 is 17.9 Å². The molecule has 0 aromatic carbocycles. The fraction of sp³-hybridized carbons (Fsp3) is 0.800. The minimum Gasteiger partial charge on any atom is -0.477 e. The lowest BCUT2D eigenvalue weighted by Crippen LogP contribution is -2.50. The van der Waals surface area contributed by atoms with E-state index >= 15 is 0 Å². The normalized spacial score (nSPS) is 13.3. The molecule has 8 heteroatoms. The third-order valence-corrected chi connectivity index (χ3v) is 9.62. The summed E-state index contributed by atoms with van der Waals surface area (Å²) >= 11 is 0. The van der Waals surface area contributed by atoms with E-state index in [0.29, 0.717) is 19.3 Å². The summed E-state index contributed by atoms with van der Waals surface area (Å²) in [6.07, 6.45) is 40.4. The van der Waals surface area contributed by atoms with E-state index in [9.17, 15) is 19.5 Å². The zero-order valence-electron chi connectivity index (χ0n) is 35.0. The number of carbonyl (C=O) groups is 3. The van der Waals surface area contributed by atoms with Crippen LogP contribution in [-0.4, -0.2) is 80.6 Å². The molecule has 1 N–H and O–H groups in total. The highest BCUT2D eigenvalue weighted by atomic mass is 16.6. The summed E-state index contributed by atoms with van der Waals surface area (Å²) in [7, 11) is 5.52. The molecular weight excluding hydrogens is 666 g/mol. The molecule has 0 saturated carbocycles. The number of likely N-dealkylation sites (N-methyl/N-ethyl adjacent to an activating group) is 1. The van der Waals surface area contributed by atoms with Gasteiger partial charge >= 0.3 is 17.9 Å². The maximum Gasteiger partial charge on any atom is 0.362 e. The van der Waals surface area contributed by atoms with Gasteiger partial charge in [-0.25, -0.2) is 4.79 Å². The van der Waals surface area contributed by atoms with Crippen molar-refractivity contribution in [1.29, 1.82) is 0 Å². The van der Waals surface area contributed by atoms with Gasteiger partial charge in [0.25, 0.3) is 0 Å². The zero-order chi connectivity index (χ0) is 39.3. The molecule has 0 aliphatic rings. The Morgan fingerprint density at radius 1 is 0.585 bits per heavy atom. The Labute approximate surface area is 325 Å². The van der Waals surface area contributed by atoms with Gasteiger partial charge in [0.2, 0.25) is 0 Å². The first-order valence-electron chi connectivity index (χ1n) is 21.6. The van der Waals surface area contributed by atoms with Gasteiger partial charge in [-0.2, -0.15) is 0 Å². The second-order valence-electron chi connectivity index (χ2n) is 15.6. The van der Waals surface area contributed by atoms with Crippen molar-refractivity contribution in [2.45, 2.75) is 193 Å². The number of aliphatic carboxylic acids is 1. The SMILES string of the molecule is CC/C=C/C=C/C=C/CCCCCCCC(=O)OCC(COCCC(C(=O)O)[N+](C)(C)C)OC(=O)CCCCCCCCCCCCCCCCCC. The number of allylic oxidation sites excluding steroid dienone is 6. The van der Waals surface area contributed by atoms with Crippen LogP contribution >= 0.6 is 0 Å². The number of carbonyl (C=O) groups excluding carboxylic acids is 2. The van der Waals surface area contributed by atoms with Crippen LogP contribution in [0.4, 0.5) is 0 Å². The Balaban J connectivity index is 4.36. The minimum absolute atomic E-state index is 0.0567. The Morgan fingerprint density at radius 3 is 1.55 bits per heavy atom. The summed E-state index contributed by atoms with van der Waals surface area (Å²) in [5, 5.41) is 9.61. The zero-order valence-corrected chi connectivity index (χ0v) is 35.0. The lowest BCUT2D eigenvalue weighted by atomic mass is 10.0. The van der Waals surface area contributed by atoms with Crippen LogP contribution in [0.25, 0.3) is 0 Å². The lowest BCUT2D eigenvalue weighted by molar-refractivity contribution is -0.887. The number of nitrogens with zero attached hydrogens (tertiary/aromatic N) is 1. The predicted octanol–water partition coefficient (Wildman–Crippen LogP) is 11.5. The minimum atomic E-state index is -0.878. The predicted molar refractivity (Wildman–Crippen MR) is 220 cm³/mol. The number of rotatable bonds is 38. The van der Waals surface area contributed by atoms with E-state index in [-0.39, 0.29) is 36.2 Å². The molecule has 2 atom stereocenters. The molecule has 0 bridgehead atoms. The molecule has 0 heterocycles. The molecule has 8 nitrogen and oxygen atoms in total. The van der Waals surface area contributed by atoms with Crippen molar-refractivity contribution in [2.75, 3.05) is 41.0 Å². The third kappa shape index (κ3) is 35.0. The fourth-order valence-corrected chi connectivity index (χ4v) is 6.27. The average molecular weight is 749 g/mol. The molecule has 308 valence electrons. The number of esters is 2. The maximum absolute atomic E-state index is 12.7. The maximum atomic E-state index is 12.7. The highest BCUT2D eigenvalue weighted by Gasteiger charge is 2.31. The molecule has 0 aromatic heterocycles. The first kappa shape index (κ1) is 50.5. The molecule has 0 radical (unpaired) electrons. The molecule has 0 amide bonds. The van der Waals surface area contributed by atoms with Gasteiger partial charge < -0.3 is 23.8 Å². The molecule has 0 spiro atoms. The second kappa shape index (κ2) is 36.5. The van der Waals surface area contributed by atoms with Crippen LogP contribution in [0.3, 0.4) is 0 Å².